The van der Waals surface area contributed by atoms with Crippen LogP contribution in [0.2, 0.25) is 0 Å². The molecule has 132 valence electrons. The molecule has 27 heavy (non-hydrogen) atoms. The molecule has 2 aromatic carbocycles. The Labute approximate surface area is 155 Å². The maximum Gasteiger partial charge on any atom is 0.231 e. The van der Waals surface area contributed by atoms with Crippen LogP contribution in [0.1, 0.15) is 0 Å². The van der Waals surface area contributed by atoms with Crippen LogP contribution in [0.5, 0.6) is 17.4 Å². The van der Waals surface area contributed by atoms with Gasteiger partial charge in [0.05, 0.1) is 5.69 Å². The summed E-state index contributed by atoms with van der Waals surface area (Å²) < 4.78 is 12.3. The van der Waals surface area contributed by atoms with Crippen LogP contribution < -0.4 is 9.47 Å². The van der Waals surface area contributed by atoms with Crippen LogP contribution in [0, 0.1) is 0 Å². The highest BCUT2D eigenvalue weighted by molar-refractivity contribution is 5.83. The van der Waals surface area contributed by atoms with E-state index in [2.05, 4.69) is 10.1 Å². The minimum absolute atomic E-state index is 0.0317. The molecule has 0 fully saturated rings. The molecule has 1 N–H and O–H groups in total. The van der Waals surface area contributed by atoms with Crippen LogP contribution in [0.25, 0.3) is 28.2 Å². The van der Waals surface area contributed by atoms with E-state index < -0.39 is 0 Å². The Kier molecular flexibility index (Phi) is 3.53. The summed E-state index contributed by atoms with van der Waals surface area (Å²) in [7, 11) is 0. The highest BCUT2D eigenvalue weighted by atomic mass is 16.7. The van der Waals surface area contributed by atoms with E-state index in [1.807, 2.05) is 54.6 Å². The van der Waals surface area contributed by atoms with E-state index in [1.165, 1.54) is 4.68 Å². The number of nitrogens with zero attached hydrogens (tertiary/aromatic N) is 3. The second kappa shape index (κ2) is 6.17. The van der Waals surface area contributed by atoms with Crippen molar-refractivity contribution in [3.63, 3.8) is 0 Å². The van der Waals surface area contributed by atoms with Gasteiger partial charge in [-0.15, -0.1) is 0 Å². The van der Waals surface area contributed by atoms with E-state index in [1.54, 1.807) is 18.3 Å². The molecule has 4 aromatic rings. The largest absolute Gasteiger partial charge is 0.493 e. The summed E-state index contributed by atoms with van der Waals surface area (Å²) in [6.07, 6.45) is 1.66. The van der Waals surface area contributed by atoms with Crippen molar-refractivity contribution in [2.75, 3.05) is 6.79 Å². The third kappa shape index (κ3) is 2.67. The molecule has 0 saturated heterocycles. The normalized spacial score (nSPS) is 12.3. The quantitative estimate of drug-likeness (QED) is 0.599. The third-order valence-corrected chi connectivity index (χ3v) is 4.44. The minimum atomic E-state index is 0.0317. The Morgan fingerprint density at radius 1 is 0.852 bits per heavy atom. The standard InChI is InChI=1S/C21H15N3O3/c25-21-12-17(23-24(21)20-7-3-4-10-22-20)16-6-2-1-5-15(16)14-8-9-18-19(11-14)27-13-26-18/h1-12,25H,13H2. The number of hydrogen-bond acceptors (Lipinski definition) is 5. The number of aromatic hydroxyl groups is 1. The van der Waals surface area contributed by atoms with Crippen molar-refractivity contribution < 1.29 is 14.6 Å². The van der Waals surface area contributed by atoms with Crippen LogP contribution in [0.3, 0.4) is 0 Å². The van der Waals surface area contributed by atoms with Crippen molar-refractivity contribution in [2.24, 2.45) is 0 Å². The number of rotatable bonds is 3. The molecule has 0 amide bonds. The molecule has 5 rings (SSSR count). The molecule has 0 spiro atoms. The molecule has 6 heteroatoms. The number of ether oxygens (including phenoxy) is 2. The SMILES string of the molecule is Oc1cc(-c2ccccc2-c2ccc3c(c2)OCO3)nn1-c1ccccn1. The molecule has 2 aromatic heterocycles. The molecule has 6 nitrogen and oxygen atoms in total. The van der Waals surface area contributed by atoms with Crippen molar-refractivity contribution in [2.45, 2.75) is 0 Å². The van der Waals surface area contributed by atoms with E-state index in [4.69, 9.17) is 9.47 Å². The molecule has 1 aliphatic rings. The van der Waals surface area contributed by atoms with E-state index in [9.17, 15) is 5.11 Å². The van der Waals surface area contributed by atoms with Gasteiger partial charge in [0.1, 0.15) is 0 Å². The van der Waals surface area contributed by atoms with E-state index in [0.717, 1.165) is 28.2 Å². The average Bonchev–Trinajstić information content (AvgIpc) is 3.34. The minimum Gasteiger partial charge on any atom is -0.493 e. The molecule has 0 saturated carbocycles. The van der Waals surface area contributed by atoms with E-state index in [0.29, 0.717) is 11.5 Å². The fourth-order valence-corrected chi connectivity index (χ4v) is 3.17. The molecular formula is C21H15N3O3. The maximum absolute atomic E-state index is 10.4. The lowest BCUT2D eigenvalue weighted by molar-refractivity contribution is 0.174. The number of pyridine rings is 1. The van der Waals surface area contributed by atoms with Gasteiger partial charge >= 0.3 is 0 Å². The Morgan fingerprint density at radius 3 is 2.52 bits per heavy atom. The predicted molar refractivity (Wildman–Crippen MR) is 100 cm³/mol. The zero-order valence-electron chi connectivity index (χ0n) is 14.2. The summed E-state index contributed by atoms with van der Waals surface area (Å²) in [6, 6.07) is 20.9. The van der Waals surface area contributed by atoms with Gasteiger partial charge in [-0.1, -0.05) is 36.4 Å². The van der Waals surface area contributed by atoms with Gasteiger partial charge in [-0.25, -0.2) is 4.98 Å². The van der Waals surface area contributed by atoms with Crippen molar-refractivity contribution in [3.05, 3.63) is 72.9 Å². The van der Waals surface area contributed by atoms with Crippen molar-refractivity contribution in [1.82, 2.24) is 14.8 Å². The zero-order chi connectivity index (χ0) is 18.2. The third-order valence-electron chi connectivity index (χ3n) is 4.44. The van der Waals surface area contributed by atoms with Crippen LogP contribution in [-0.2, 0) is 0 Å². The van der Waals surface area contributed by atoms with Crippen molar-refractivity contribution in [1.29, 1.82) is 0 Å². The summed E-state index contributed by atoms with van der Waals surface area (Å²) in [4.78, 5) is 4.25. The predicted octanol–water partition coefficient (Wildman–Crippen LogP) is 4.04. The van der Waals surface area contributed by atoms with Gasteiger partial charge in [-0.2, -0.15) is 9.78 Å². The van der Waals surface area contributed by atoms with Gasteiger partial charge in [0.15, 0.2) is 17.3 Å². The lowest BCUT2D eigenvalue weighted by atomic mass is 9.97. The monoisotopic (exact) mass is 357 g/mol. The van der Waals surface area contributed by atoms with Gasteiger partial charge in [-0.05, 0) is 35.4 Å². The number of hydrogen-bond donors (Lipinski definition) is 1. The highest BCUT2D eigenvalue weighted by Crippen LogP contribution is 2.39. The smallest absolute Gasteiger partial charge is 0.231 e. The number of aromatic nitrogens is 3. The Balaban J connectivity index is 1.61. The van der Waals surface area contributed by atoms with E-state index in [-0.39, 0.29) is 12.7 Å². The van der Waals surface area contributed by atoms with Crippen molar-refractivity contribution in [3.8, 4) is 45.6 Å². The fraction of sp³-hybridized carbons (Fsp3) is 0.0476. The first-order valence-electron chi connectivity index (χ1n) is 8.49. The second-order valence-corrected chi connectivity index (χ2v) is 6.10. The lowest BCUT2D eigenvalue weighted by Crippen LogP contribution is -1.98. The van der Waals surface area contributed by atoms with Gasteiger partial charge in [0, 0.05) is 17.8 Å². The molecular weight excluding hydrogens is 342 g/mol. The summed E-state index contributed by atoms with van der Waals surface area (Å²) >= 11 is 0. The van der Waals surface area contributed by atoms with Gasteiger partial charge in [0.2, 0.25) is 12.7 Å². The fourth-order valence-electron chi connectivity index (χ4n) is 3.17. The lowest BCUT2D eigenvalue weighted by Gasteiger charge is -2.08. The topological polar surface area (TPSA) is 69.4 Å². The number of benzene rings is 2. The van der Waals surface area contributed by atoms with Gasteiger partial charge in [0.25, 0.3) is 0 Å². The van der Waals surface area contributed by atoms with Gasteiger partial charge in [-0.3, -0.25) is 0 Å². The Bertz CT molecular complexity index is 1120. The average molecular weight is 357 g/mol. The first kappa shape index (κ1) is 15.5. The second-order valence-electron chi connectivity index (χ2n) is 6.10. The van der Waals surface area contributed by atoms with Crippen LogP contribution in [-0.4, -0.2) is 26.7 Å². The summed E-state index contributed by atoms with van der Waals surface area (Å²) in [5.41, 5.74) is 3.54. The molecule has 0 atom stereocenters. The summed E-state index contributed by atoms with van der Waals surface area (Å²) in [6.45, 7) is 0.239. The molecule has 0 aliphatic carbocycles. The van der Waals surface area contributed by atoms with E-state index >= 15 is 0 Å². The first-order chi connectivity index (χ1) is 13.3. The van der Waals surface area contributed by atoms with Gasteiger partial charge < -0.3 is 14.6 Å². The van der Waals surface area contributed by atoms with Crippen LogP contribution >= 0.6 is 0 Å². The molecule has 1 aliphatic heterocycles. The molecule has 0 radical (unpaired) electrons. The highest BCUT2D eigenvalue weighted by Gasteiger charge is 2.18. The maximum atomic E-state index is 10.4. The molecule has 0 bridgehead atoms. The Morgan fingerprint density at radius 2 is 1.67 bits per heavy atom. The summed E-state index contributed by atoms with van der Waals surface area (Å²) in [5, 5.41) is 14.9. The van der Waals surface area contributed by atoms with Crippen LogP contribution in [0.15, 0.2) is 72.9 Å². The Hall–Kier alpha value is -3.80. The molecule has 3 heterocycles. The first-order valence-corrected chi connectivity index (χ1v) is 8.49. The number of fused-ring (bicyclic) bond motifs is 1. The van der Waals surface area contributed by atoms with Crippen LogP contribution in [0.4, 0.5) is 0 Å². The molecule has 0 unspecified atom stereocenters. The summed E-state index contributed by atoms with van der Waals surface area (Å²) in [5.74, 6) is 2.06. The van der Waals surface area contributed by atoms with Crippen molar-refractivity contribution >= 4 is 0 Å². The zero-order valence-corrected chi connectivity index (χ0v) is 14.2.